The van der Waals surface area contributed by atoms with Crippen molar-refractivity contribution in [1.82, 2.24) is 4.90 Å². The molecule has 0 radical (unpaired) electrons. The minimum Gasteiger partial charge on any atom is -0.472 e. The maximum Gasteiger partial charge on any atom is 0.256 e. The lowest BCUT2D eigenvalue weighted by atomic mass is 10.3. The number of carbonyl (C=O) groups is 1. The first-order valence-corrected chi connectivity index (χ1v) is 4.59. The number of aliphatic hydroxyl groups is 1. The maximum absolute atomic E-state index is 11.7. The van der Waals surface area contributed by atoms with E-state index in [4.69, 9.17) is 9.15 Å². The molecule has 1 atom stereocenters. The van der Waals surface area contributed by atoms with Crippen LogP contribution in [0, 0.1) is 0 Å². The van der Waals surface area contributed by atoms with E-state index in [0.717, 1.165) is 0 Å². The largest absolute Gasteiger partial charge is 0.472 e. The van der Waals surface area contributed by atoms with Gasteiger partial charge in [-0.05, 0) is 6.07 Å². The Morgan fingerprint density at radius 1 is 1.73 bits per heavy atom. The summed E-state index contributed by atoms with van der Waals surface area (Å²) in [6.07, 6.45) is 2.14. The van der Waals surface area contributed by atoms with Gasteiger partial charge in [-0.15, -0.1) is 0 Å². The molecule has 5 heteroatoms. The van der Waals surface area contributed by atoms with Gasteiger partial charge in [-0.2, -0.15) is 0 Å². The summed E-state index contributed by atoms with van der Waals surface area (Å²) in [6.45, 7) is 0.445. The highest BCUT2D eigenvalue weighted by atomic mass is 16.5. The number of ether oxygens (including phenoxy) is 1. The molecular formula is C10H15NO4. The summed E-state index contributed by atoms with van der Waals surface area (Å²) >= 11 is 0. The smallest absolute Gasteiger partial charge is 0.256 e. The van der Waals surface area contributed by atoms with Gasteiger partial charge < -0.3 is 19.2 Å². The summed E-state index contributed by atoms with van der Waals surface area (Å²) in [4.78, 5) is 13.1. The van der Waals surface area contributed by atoms with Crippen molar-refractivity contribution >= 4 is 5.91 Å². The number of hydrogen-bond acceptors (Lipinski definition) is 4. The Morgan fingerprint density at radius 3 is 3.00 bits per heavy atom. The molecule has 0 saturated heterocycles. The molecule has 1 heterocycles. The van der Waals surface area contributed by atoms with Crippen molar-refractivity contribution in [2.75, 3.05) is 27.3 Å². The van der Waals surface area contributed by atoms with Crippen LogP contribution in [0.25, 0.3) is 0 Å². The van der Waals surface area contributed by atoms with Gasteiger partial charge in [-0.25, -0.2) is 0 Å². The first-order chi connectivity index (χ1) is 7.15. The minimum atomic E-state index is -0.671. The molecule has 5 nitrogen and oxygen atoms in total. The van der Waals surface area contributed by atoms with Crippen molar-refractivity contribution < 1.29 is 19.1 Å². The second-order valence-electron chi connectivity index (χ2n) is 3.31. The lowest BCUT2D eigenvalue weighted by molar-refractivity contribution is 0.0380. The summed E-state index contributed by atoms with van der Waals surface area (Å²) in [5.41, 5.74) is 0.474. The highest BCUT2D eigenvalue weighted by Crippen LogP contribution is 2.04. The lowest BCUT2D eigenvalue weighted by Gasteiger charge is -2.19. The second-order valence-corrected chi connectivity index (χ2v) is 3.31. The molecule has 0 spiro atoms. The third kappa shape index (κ3) is 3.38. The van der Waals surface area contributed by atoms with E-state index in [1.807, 2.05) is 0 Å². The Balaban J connectivity index is 2.47. The van der Waals surface area contributed by atoms with E-state index < -0.39 is 6.10 Å². The molecule has 0 bridgehead atoms. The van der Waals surface area contributed by atoms with Crippen LogP contribution in [0.4, 0.5) is 0 Å². The van der Waals surface area contributed by atoms with Crippen molar-refractivity contribution in [2.24, 2.45) is 0 Å². The molecule has 0 aliphatic rings. The van der Waals surface area contributed by atoms with Crippen molar-refractivity contribution in [1.29, 1.82) is 0 Å². The Morgan fingerprint density at radius 2 is 2.47 bits per heavy atom. The minimum absolute atomic E-state index is 0.182. The average molecular weight is 213 g/mol. The van der Waals surface area contributed by atoms with Gasteiger partial charge in [0.2, 0.25) is 0 Å². The molecule has 84 valence electrons. The number of aliphatic hydroxyl groups excluding tert-OH is 1. The molecule has 1 N–H and O–H groups in total. The van der Waals surface area contributed by atoms with Crippen molar-refractivity contribution in [3.63, 3.8) is 0 Å². The van der Waals surface area contributed by atoms with Crippen molar-refractivity contribution in [3.8, 4) is 0 Å². The number of nitrogens with zero attached hydrogens (tertiary/aromatic N) is 1. The van der Waals surface area contributed by atoms with Crippen LogP contribution in [0.2, 0.25) is 0 Å². The fourth-order valence-corrected chi connectivity index (χ4v) is 1.25. The Labute approximate surface area is 88.2 Å². The first-order valence-electron chi connectivity index (χ1n) is 4.59. The number of carbonyl (C=O) groups excluding carboxylic acids is 1. The van der Waals surface area contributed by atoms with Crippen LogP contribution in [0.5, 0.6) is 0 Å². The SMILES string of the molecule is COCC(O)CN(C)C(=O)c1ccoc1. The molecular weight excluding hydrogens is 198 g/mol. The first kappa shape index (κ1) is 11.7. The number of likely N-dealkylation sites (N-methyl/N-ethyl adjacent to an activating group) is 1. The Hall–Kier alpha value is -1.33. The third-order valence-electron chi connectivity index (χ3n) is 1.96. The predicted octanol–water partition coefficient (Wildman–Crippen LogP) is 0.359. The van der Waals surface area contributed by atoms with Gasteiger partial charge in [0.1, 0.15) is 6.26 Å². The molecule has 1 rings (SSSR count). The van der Waals surface area contributed by atoms with E-state index >= 15 is 0 Å². The van der Waals surface area contributed by atoms with Crippen LogP contribution in [-0.4, -0.2) is 49.3 Å². The number of amides is 1. The Kier molecular flexibility index (Phi) is 4.33. The molecule has 0 aliphatic heterocycles. The highest BCUT2D eigenvalue weighted by Gasteiger charge is 2.15. The van der Waals surface area contributed by atoms with Crippen LogP contribution in [-0.2, 0) is 4.74 Å². The summed E-state index contributed by atoms with van der Waals surface area (Å²) in [5, 5.41) is 9.42. The maximum atomic E-state index is 11.7. The quantitative estimate of drug-likeness (QED) is 0.767. The van der Waals surface area contributed by atoms with Crippen LogP contribution < -0.4 is 0 Å². The second kappa shape index (κ2) is 5.53. The number of furan rings is 1. The normalized spacial score (nSPS) is 12.5. The molecule has 1 unspecified atom stereocenters. The van der Waals surface area contributed by atoms with E-state index in [2.05, 4.69) is 0 Å². The van der Waals surface area contributed by atoms with Crippen LogP contribution in [0.15, 0.2) is 23.0 Å². The highest BCUT2D eigenvalue weighted by molar-refractivity contribution is 5.93. The van der Waals surface area contributed by atoms with Crippen LogP contribution >= 0.6 is 0 Å². The zero-order valence-electron chi connectivity index (χ0n) is 8.84. The van der Waals surface area contributed by atoms with E-state index in [9.17, 15) is 9.90 Å². The Bertz CT molecular complexity index is 296. The predicted molar refractivity (Wildman–Crippen MR) is 53.6 cm³/mol. The topological polar surface area (TPSA) is 62.9 Å². The molecule has 1 amide bonds. The van der Waals surface area contributed by atoms with Gasteiger partial charge in [0.05, 0.1) is 24.5 Å². The summed E-state index contributed by atoms with van der Waals surface area (Å²) < 4.78 is 9.57. The summed E-state index contributed by atoms with van der Waals surface area (Å²) in [7, 11) is 3.12. The van der Waals surface area contributed by atoms with Crippen LogP contribution in [0.1, 0.15) is 10.4 Å². The van der Waals surface area contributed by atoms with Gasteiger partial charge in [0, 0.05) is 20.7 Å². The van der Waals surface area contributed by atoms with E-state index in [0.29, 0.717) is 5.56 Å². The number of hydrogen-bond donors (Lipinski definition) is 1. The molecule has 0 aromatic carbocycles. The van der Waals surface area contributed by atoms with Gasteiger partial charge >= 0.3 is 0 Å². The van der Waals surface area contributed by atoms with E-state index in [1.54, 1.807) is 13.1 Å². The molecule has 1 aromatic rings. The zero-order chi connectivity index (χ0) is 11.3. The molecule has 0 saturated carbocycles. The average Bonchev–Trinajstić information content (AvgIpc) is 2.69. The third-order valence-corrected chi connectivity index (χ3v) is 1.96. The van der Waals surface area contributed by atoms with Gasteiger partial charge in [0.25, 0.3) is 5.91 Å². The standard InChI is InChI=1S/C10H15NO4/c1-11(5-9(12)7-14-2)10(13)8-3-4-15-6-8/h3-4,6,9,12H,5,7H2,1-2H3. The molecule has 1 aromatic heterocycles. The monoisotopic (exact) mass is 213 g/mol. The van der Waals surface area contributed by atoms with E-state index in [-0.39, 0.29) is 19.1 Å². The van der Waals surface area contributed by atoms with Gasteiger partial charge in [0.15, 0.2) is 0 Å². The van der Waals surface area contributed by atoms with Crippen LogP contribution in [0.3, 0.4) is 0 Å². The van der Waals surface area contributed by atoms with Crippen molar-refractivity contribution in [3.05, 3.63) is 24.2 Å². The number of methoxy groups -OCH3 is 1. The lowest BCUT2D eigenvalue weighted by Crippen LogP contribution is -2.36. The number of rotatable bonds is 5. The fraction of sp³-hybridized carbons (Fsp3) is 0.500. The molecule has 15 heavy (non-hydrogen) atoms. The van der Waals surface area contributed by atoms with Crippen molar-refractivity contribution in [2.45, 2.75) is 6.10 Å². The fourth-order valence-electron chi connectivity index (χ4n) is 1.25. The summed E-state index contributed by atoms with van der Waals surface area (Å²) in [6, 6.07) is 1.58. The van der Waals surface area contributed by atoms with Gasteiger partial charge in [-0.1, -0.05) is 0 Å². The molecule has 0 aliphatic carbocycles. The molecule has 0 fully saturated rings. The zero-order valence-corrected chi connectivity index (χ0v) is 8.84. The van der Waals surface area contributed by atoms with E-state index in [1.165, 1.54) is 24.5 Å². The van der Waals surface area contributed by atoms with Gasteiger partial charge in [-0.3, -0.25) is 4.79 Å². The summed E-state index contributed by atoms with van der Waals surface area (Å²) in [5.74, 6) is -0.182.